The van der Waals surface area contributed by atoms with E-state index in [9.17, 15) is 0 Å². The van der Waals surface area contributed by atoms with Crippen molar-refractivity contribution in [3.63, 3.8) is 0 Å². The van der Waals surface area contributed by atoms with Crippen molar-refractivity contribution in [3.8, 4) is 23.0 Å². The first-order chi connectivity index (χ1) is 24.5. The second-order valence-electron chi connectivity index (χ2n) is 15.9. The maximum absolute atomic E-state index is 6.83. The van der Waals surface area contributed by atoms with Crippen LogP contribution in [0.5, 0.6) is 11.5 Å². The van der Waals surface area contributed by atoms with Crippen molar-refractivity contribution in [2.45, 2.75) is 106 Å². The molecular formula is C46H54N4O. The minimum absolute atomic E-state index is 0.329. The van der Waals surface area contributed by atoms with Crippen LogP contribution in [0.1, 0.15) is 120 Å². The highest BCUT2D eigenvalue weighted by molar-refractivity contribution is 6.09. The van der Waals surface area contributed by atoms with E-state index in [-0.39, 0.29) is 0 Å². The zero-order chi connectivity index (χ0) is 36.0. The SMILES string of the molecule is CC1=CCC[C@H](C)C1c1c(C)nn(-c2cc(Oc3ccc4c5ccccc5n(-c5cc(C(C)C)ccn5)c4c3)cc(C(C)C)c2)c1CCC(C)C. The summed E-state index contributed by atoms with van der Waals surface area (Å²) in [5, 5.41) is 7.69. The number of ether oxygens (including phenoxy) is 1. The number of pyridine rings is 1. The van der Waals surface area contributed by atoms with Gasteiger partial charge in [-0.15, -0.1) is 0 Å². The number of hydrogen-bond acceptors (Lipinski definition) is 3. The molecule has 51 heavy (non-hydrogen) atoms. The highest BCUT2D eigenvalue weighted by Crippen LogP contribution is 2.43. The fraction of sp³-hybridized carbons (Fsp3) is 0.391. The Labute approximate surface area is 304 Å². The van der Waals surface area contributed by atoms with E-state index < -0.39 is 0 Å². The van der Waals surface area contributed by atoms with Crippen LogP contribution in [0.2, 0.25) is 0 Å². The van der Waals surface area contributed by atoms with Crippen molar-refractivity contribution in [1.82, 2.24) is 19.3 Å². The number of fused-ring (bicyclic) bond motifs is 3. The second-order valence-corrected chi connectivity index (χ2v) is 15.9. The third-order valence-corrected chi connectivity index (χ3v) is 11.0. The summed E-state index contributed by atoms with van der Waals surface area (Å²) in [6.45, 7) is 20.5. The number of allylic oxidation sites excluding steroid dienone is 2. The van der Waals surface area contributed by atoms with Crippen LogP contribution in [0.15, 0.2) is 90.6 Å². The van der Waals surface area contributed by atoms with Gasteiger partial charge in [-0.05, 0) is 117 Å². The van der Waals surface area contributed by atoms with Gasteiger partial charge in [0.25, 0.3) is 0 Å². The van der Waals surface area contributed by atoms with Crippen LogP contribution in [-0.4, -0.2) is 19.3 Å². The lowest BCUT2D eigenvalue weighted by Crippen LogP contribution is -2.18. The minimum atomic E-state index is 0.329. The molecule has 3 aromatic heterocycles. The van der Waals surface area contributed by atoms with Gasteiger partial charge in [0.05, 0.1) is 22.4 Å². The van der Waals surface area contributed by atoms with Crippen LogP contribution in [0.25, 0.3) is 33.3 Å². The smallest absolute Gasteiger partial charge is 0.137 e. The van der Waals surface area contributed by atoms with E-state index in [2.05, 4.69) is 150 Å². The van der Waals surface area contributed by atoms with E-state index in [1.807, 2.05) is 6.20 Å². The molecule has 0 aliphatic heterocycles. The number of nitrogens with zero attached hydrogens (tertiary/aromatic N) is 4. The Balaban J connectivity index is 1.34. The number of hydrogen-bond donors (Lipinski definition) is 0. The summed E-state index contributed by atoms with van der Waals surface area (Å²) in [5.41, 5.74) is 11.2. The van der Waals surface area contributed by atoms with Crippen molar-refractivity contribution in [2.24, 2.45) is 11.8 Å². The number of para-hydroxylation sites is 1. The Morgan fingerprint density at radius 2 is 1.57 bits per heavy atom. The Morgan fingerprint density at radius 3 is 2.31 bits per heavy atom. The van der Waals surface area contributed by atoms with Gasteiger partial charge >= 0.3 is 0 Å². The van der Waals surface area contributed by atoms with Gasteiger partial charge in [-0.2, -0.15) is 5.10 Å². The normalized spacial score (nSPS) is 16.6. The topological polar surface area (TPSA) is 44.9 Å². The van der Waals surface area contributed by atoms with E-state index >= 15 is 0 Å². The van der Waals surface area contributed by atoms with E-state index in [1.165, 1.54) is 51.6 Å². The van der Waals surface area contributed by atoms with Gasteiger partial charge in [-0.25, -0.2) is 9.67 Å². The molecule has 5 nitrogen and oxygen atoms in total. The maximum Gasteiger partial charge on any atom is 0.137 e. The Kier molecular flexibility index (Phi) is 9.67. The summed E-state index contributed by atoms with van der Waals surface area (Å²) in [6, 6.07) is 26.1. The molecule has 0 fully saturated rings. The van der Waals surface area contributed by atoms with Gasteiger partial charge in [-0.3, -0.25) is 4.57 Å². The molecule has 1 aliphatic carbocycles. The molecule has 5 heteroatoms. The average molecular weight is 679 g/mol. The third-order valence-electron chi connectivity index (χ3n) is 11.0. The molecule has 1 unspecified atom stereocenters. The van der Waals surface area contributed by atoms with Crippen LogP contribution in [0.3, 0.4) is 0 Å². The van der Waals surface area contributed by atoms with Gasteiger partial charge in [0, 0.05) is 46.3 Å². The summed E-state index contributed by atoms with van der Waals surface area (Å²) in [5.74, 6) is 4.90. The van der Waals surface area contributed by atoms with Crippen LogP contribution < -0.4 is 4.74 Å². The van der Waals surface area contributed by atoms with Crippen LogP contribution in [-0.2, 0) is 6.42 Å². The number of benzene rings is 3. The van der Waals surface area contributed by atoms with Crippen LogP contribution in [0, 0.1) is 18.8 Å². The molecule has 3 aromatic carbocycles. The van der Waals surface area contributed by atoms with Gasteiger partial charge in [-0.1, -0.05) is 78.3 Å². The molecule has 264 valence electrons. The molecule has 0 bridgehead atoms. The van der Waals surface area contributed by atoms with Crippen molar-refractivity contribution in [1.29, 1.82) is 0 Å². The van der Waals surface area contributed by atoms with E-state index in [0.717, 1.165) is 52.6 Å². The summed E-state index contributed by atoms with van der Waals surface area (Å²) in [4.78, 5) is 4.85. The van der Waals surface area contributed by atoms with Gasteiger partial charge in [0.1, 0.15) is 17.3 Å². The molecule has 0 amide bonds. The van der Waals surface area contributed by atoms with Crippen molar-refractivity contribution in [3.05, 3.63) is 119 Å². The number of aryl methyl sites for hydroxylation is 1. The molecule has 0 saturated heterocycles. The summed E-state index contributed by atoms with van der Waals surface area (Å²) < 4.78 is 11.3. The third kappa shape index (κ3) is 6.76. The highest BCUT2D eigenvalue weighted by Gasteiger charge is 2.31. The van der Waals surface area contributed by atoms with Crippen molar-refractivity contribution >= 4 is 21.8 Å². The molecule has 0 radical (unpaired) electrons. The Bertz CT molecular complexity index is 2230. The first kappa shape index (κ1) is 34.8. The monoisotopic (exact) mass is 678 g/mol. The van der Waals surface area contributed by atoms with E-state index in [1.54, 1.807) is 0 Å². The molecule has 2 atom stereocenters. The van der Waals surface area contributed by atoms with Crippen molar-refractivity contribution in [2.75, 3.05) is 0 Å². The van der Waals surface area contributed by atoms with E-state index in [0.29, 0.717) is 29.6 Å². The molecule has 3 heterocycles. The molecular weight excluding hydrogens is 625 g/mol. The molecule has 0 saturated carbocycles. The van der Waals surface area contributed by atoms with Gasteiger partial charge in [0.15, 0.2) is 0 Å². The largest absolute Gasteiger partial charge is 0.457 e. The lowest BCUT2D eigenvalue weighted by Gasteiger charge is -2.30. The highest BCUT2D eigenvalue weighted by atomic mass is 16.5. The average Bonchev–Trinajstić information content (AvgIpc) is 3.61. The second kappa shape index (κ2) is 14.2. The zero-order valence-corrected chi connectivity index (χ0v) is 32.0. The Morgan fingerprint density at radius 1 is 0.804 bits per heavy atom. The van der Waals surface area contributed by atoms with Gasteiger partial charge < -0.3 is 4.74 Å². The summed E-state index contributed by atoms with van der Waals surface area (Å²) in [7, 11) is 0. The van der Waals surface area contributed by atoms with E-state index in [4.69, 9.17) is 14.8 Å². The van der Waals surface area contributed by atoms with Crippen LogP contribution >= 0.6 is 0 Å². The standard InChI is InChI=1S/C46H54N4O/c1-28(2)17-20-42-46(45-31(7)13-12-14-32(45)8)33(9)48-50(42)36-23-35(30(5)6)24-38(26-36)51-37-18-19-40-39-15-10-11-16-41(39)49(43(40)27-37)44-25-34(29(3)4)21-22-47-44/h10-11,13,15-16,18-19,21-30,32,45H,12,14,17,20H2,1-9H3/t32-,45?/m0/s1. The molecule has 6 aromatic rings. The zero-order valence-electron chi connectivity index (χ0n) is 32.0. The lowest BCUT2D eigenvalue weighted by atomic mass is 9.75. The molecule has 1 aliphatic rings. The number of rotatable bonds is 10. The first-order valence-corrected chi connectivity index (χ1v) is 19.1. The molecule has 0 spiro atoms. The summed E-state index contributed by atoms with van der Waals surface area (Å²) in [6.07, 6.45) is 8.89. The molecule has 7 rings (SSSR count). The fourth-order valence-corrected chi connectivity index (χ4v) is 8.13. The van der Waals surface area contributed by atoms with Crippen LogP contribution in [0.4, 0.5) is 0 Å². The Hall–Kier alpha value is -4.64. The maximum atomic E-state index is 6.83. The lowest BCUT2D eigenvalue weighted by molar-refractivity contribution is 0.445. The van der Waals surface area contributed by atoms with Crippen molar-refractivity contribution < 1.29 is 4.74 Å². The van der Waals surface area contributed by atoms with Gasteiger partial charge in [0.2, 0.25) is 0 Å². The summed E-state index contributed by atoms with van der Waals surface area (Å²) >= 11 is 0. The predicted octanol–water partition coefficient (Wildman–Crippen LogP) is 12.8. The fourth-order valence-electron chi connectivity index (χ4n) is 8.13. The first-order valence-electron chi connectivity index (χ1n) is 19.1. The predicted molar refractivity (Wildman–Crippen MR) is 213 cm³/mol. The number of aromatic nitrogens is 4. The quantitative estimate of drug-likeness (QED) is 0.135. The molecule has 0 N–H and O–H groups in total. The minimum Gasteiger partial charge on any atom is -0.457 e.